The summed E-state index contributed by atoms with van der Waals surface area (Å²) in [5, 5.41) is 0. The highest BCUT2D eigenvalue weighted by Crippen LogP contribution is 2.58. The van der Waals surface area contributed by atoms with E-state index < -0.39 is 4.08 Å². The van der Waals surface area contributed by atoms with E-state index in [1.54, 1.807) is 38.0 Å². The molecule has 0 bridgehead atoms. The third-order valence-corrected chi connectivity index (χ3v) is 10.6. The molecule has 1 aliphatic heterocycles. The van der Waals surface area contributed by atoms with E-state index in [4.69, 9.17) is 18.9 Å². The van der Waals surface area contributed by atoms with Crippen LogP contribution >= 0.6 is 23.5 Å². The summed E-state index contributed by atoms with van der Waals surface area (Å²) >= 11 is 3.10. The number of unbranched alkanes of at least 4 members (excludes halogenated alkanes) is 1. The molecule has 3 aromatic carbocycles. The molecule has 7 nitrogen and oxygen atoms in total. The Kier molecular flexibility index (Phi) is 11.0. The molecule has 3 aromatic rings. The zero-order chi connectivity index (χ0) is 30.3. The highest BCUT2D eigenvalue weighted by atomic mass is 32.2. The quantitative estimate of drug-likeness (QED) is 0.183. The smallest absolute Gasteiger partial charge is 0.258 e. The van der Waals surface area contributed by atoms with Crippen LogP contribution in [-0.2, 0) is 8.87 Å². The summed E-state index contributed by atoms with van der Waals surface area (Å²) in [4.78, 5) is 19.0. The average Bonchev–Trinajstić information content (AvgIpc) is 3.02. The molecule has 1 amide bonds. The monoisotopic (exact) mass is 610 g/mol. The molecule has 0 aliphatic carbocycles. The summed E-state index contributed by atoms with van der Waals surface area (Å²) in [6, 6.07) is 19.9. The number of nitrogens with zero attached hydrogens (tertiary/aromatic N) is 2. The summed E-state index contributed by atoms with van der Waals surface area (Å²) in [6.07, 6.45) is 3.88. The van der Waals surface area contributed by atoms with Gasteiger partial charge < -0.3 is 28.7 Å². The van der Waals surface area contributed by atoms with Crippen LogP contribution in [0.5, 0.6) is 23.0 Å². The minimum Gasteiger partial charge on any atom is -0.497 e. The van der Waals surface area contributed by atoms with Gasteiger partial charge in [-0.05, 0) is 86.6 Å². The van der Waals surface area contributed by atoms with Crippen LogP contribution in [0.2, 0.25) is 0 Å². The number of fused-ring (bicyclic) bond motifs is 1. The maximum atomic E-state index is 13.9. The SMILES string of the molecule is COc1ccc(OCCCCN(C)CC(C)c2ccc(OC)c(OC)c2)c(C2(SC)Sc3ccccc3N(C)C2=O)c1. The average molecular weight is 611 g/mol. The molecule has 226 valence electrons. The Bertz CT molecular complexity index is 1370. The van der Waals surface area contributed by atoms with Crippen LogP contribution in [0.4, 0.5) is 5.69 Å². The molecule has 2 unspecified atom stereocenters. The van der Waals surface area contributed by atoms with E-state index >= 15 is 0 Å². The number of hydrogen-bond acceptors (Lipinski definition) is 8. The van der Waals surface area contributed by atoms with Gasteiger partial charge >= 0.3 is 0 Å². The molecule has 0 aromatic heterocycles. The number of ether oxygens (including phenoxy) is 4. The first kappa shape index (κ1) is 31.9. The van der Waals surface area contributed by atoms with Gasteiger partial charge in [-0.2, -0.15) is 0 Å². The van der Waals surface area contributed by atoms with E-state index in [1.807, 2.05) is 55.8 Å². The molecule has 0 saturated carbocycles. The lowest BCUT2D eigenvalue weighted by molar-refractivity contribution is -0.118. The molecule has 4 rings (SSSR count). The molecule has 0 radical (unpaired) electrons. The van der Waals surface area contributed by atoms with Crippen molar-refractivity contribution in [2.75, 3.05) is 66.3 Å². The Labute approximate surface area is 258 Å². The number of hydrogen-bond donors (Lipinski definition) is 0. The molecular weight excluding hydrogens is 569 g/mol. The number of amides is 1. The first-order chi connectivity index (χ1) is 20.3. The Morgan fingerprint density at radius 2 is 1.69 bits per heavy atom. The summed E-state index contributed by atoms with van der Waals surface area (Å²) < 4.78 is 21.9. The van der Waals surface area contributed by atoms with E-state index in [2.05, 4.69) is 37.1 Å². The fraction of sp³-hybridized carbons (Fsp3) is 0.424. The number of carbonyl (C=O) groups is 1. The minimum absolute atomic E-state index is 0.0158. The van der Waals surface area contributed by atoms with E-state index in [9.17, 15) is 4.79 Å². The van der Waals surface area contributed by atoms with Crippen molar-refractivity contribution in [3.8, 4) is 23.0 Å². The Hall–Kier alpha value is -3.01. The van der Waals surface area contributed by atoms with Gasteiger partial charge in [-0.3, -0.25) is 4.79 Å². The van der Waals surface area contributed by atoms with Crippen molar-refractivity contribution >= 4 is 35.1 Å². The van der Waals surface area contributed by atoms with E-state index in [1.165, 1.54) is 17.3 Å². The number of likely N-dealkylation sites (N-methyl/N-ethyl adjacent to an activating group) is 2. The van der Waals surface area contributed by atoms with Crippen molar-refractivity contribution in [2.45, 2.75) is 34.7 Å². The predicted molar refractivity (Wildman–Crippen MR) is 174 cm³/mol. The fourth-order valence-electron chi connectivity index (χ4n) is 5.27. The minimum atomic E-state index is -0.881. The standard InChI is InChI=1S/C33H42N2O5S2/c1-23(24-14-16-29(38-5)30(20-24)39-6)22-34(2)18-10-11-19-40-28-17-15-25(37-4)21-26(28)33(41-7)32(36)35(3)27-12-8-9-13-31(27)42-33/h8-9,12-17,20-21,23H,10-11,18-19,22H2,1-7H3. The molecule has 1 heterocycles. The van der Waals surface area contributed by atoms with Gasteiger partial charge in [0.2, 0.25) is 0 Å². The molecule has 0 N–H and O–H groups in total. The molecule has 2 atom stereocenters. The van der Waals surface area contributed by atoms with Crippen molar-refractivity contribution in [2.24, 2.45) is 0 Å². The summed E-state index contributed by atoms with van der Waals surface area (Å²) in [5.41, 5.74) is 2.97. The van der Waals surface area contributed by atoms with E-state index in [-0.39, 0.29) is 5.91 Å². The molecule has 0 fully saturated rings. The largest absolute Gasteiger partial charge is 0.497 e. The second kappa shape index (κ2) is 14.4. The number of methoxy groups -OCH3 is 3. The summed E-state index contributed by atoms with van der Waals surface area (Å²) in [7, 11) is 8.96. The third kappa shape index (κ3) is 6.79. The van der Waals surface area contributed by atoms with Crippen molar-refractivity contribution in [1.82, 2.24) is 4.90 Å². The summed E-state index contributed by atoms with van der Waals surface area (Å²) in [6.45, 7) is 4.69. The molecule has 42 heavy (non-hydrogen) atoms. The molecule has 0 spiro atoms. The molecule has 9 heteroatoms. The highest BCUT2D eigenvalue weighted by Gasteiger charge is 2.49. The van der Waals surface area contributed by atoms with Gasteiger partial charge in [0, 0.05) is 24.1 Å². The first-order valence-electron chi connectivity index (χ1n) is 14.1. The van der Waals surface area contributed by atoms with Crippen LogP contribution in [0.25, 0.3) is 0 Å². The maximum Gasteiger partial charge on any atom is 0.258 e. The molecular formula is C33H42N2O5S2. The number of thioether (sulfide) groups is 2. The lowest BCUT2D eigenvalue weighted by atomic mass is 10.00. The number of anilines is 1. The van der Waals surface area contributed by atoms with Gasteiger partial charge in [0.15, 0.2) is 15.6 Å². The van der Waals surface area contributed by atoms with Gasteiger partial charge in [-0.15, -0.1) is 11.8 Å². The number of benzene rings is 3. The lowest BCUT2D eigenvalue weighted by Crippen LogP contribution is -2.44. The van der Waals surface area contributed by atoms with Crippen LogP contribution in [0.3, 0.4) is 0 Å². The lowest BCUT2D eigenvalue weighted by Gasteiger charge is -2.40. The maximum absolute atomic E-state index is 13.9. The fourth-order valence-corrected chi connectivity index (χ4v) is 7.82. The normalized spacial score (nSPS) is 17.1. The van der Waals surface area contributed by atoms with E-state index in [0.717, 1.165) is 53.6 Å². The number of rotatable bonds is 14. The zero-order valence-corrected chi connectivity index (χ0v) is 27.3. The van der Waals surface area contributed by atoms with Crippen LogP contribution in [-0.4, -0.2) is 72.2 Å². The second-order valence-electron chi connectivity index (χ2n) is 10.5. The van der Waals surface area contributed by atoms with Gasteiger partial charge in [0.05, 0.1) is 33.6 Å². The van der Waals surface area contributed by atoms with Gasteiger partial charge in [-0.25, -0.2) is 0 Å². The van der Waals surface area contributed by atoms with Gasteiger partial charge in [0.25, 0.3) is 5.91 Å². The van der Waals surface area contributed by atoms with Crippen LogP contribution in [0.1, 0.15) is 36.8 Å². The number of carbonyl (C=O) groups excluding carboxylic acids is 1. The van der Waals surface area contributed by atoms with Gasteiger partial charge in [-0.1, -0.05) is 36.9 Å². The van der Waals surface area contributed by atoms with Crippen LogP contribution in [0, 0.1) is 0 Å². The highest BCUT2D eigenvalue weighted by molar-refractivity contribution is 8.18. The van der Waals surface area contributed by atoms with Gasteiger partial charge in [0.1, 0.15) is 11.5 Å². The Morgan fingerprint density at radius 3 is 2.40 bits per heavy atom. The summed E-state index contributed by atoms with van der Waals surface area (Å²) in [5.74, 6) is 3.28. The van der Waals surface area contributed by atoms with Crippen molar-refractivity contribution in [3.05, 3.63) is 71.8 Å². The predicted octanol–water partition coefficient (Wildman–Crippen LogP) is 6.89. The zero-order valence-electron chi connectivity index (χ0n) is 25.6. The third-order valence-electron chi connectivity index (χ3n) is 7.65. The van der Waals surface area contributed by atoms with E-state index in [0.29, 0.717) is 24.0 Å². The van der Waals surface area contributed by atoms with Crippen molar-refractivity contribution in [3.63, 3.8) is 0 Å². The van der Waals surface area contributed by atoms with Crippen molar-refractivity contribution < 1.29 is 23.7 Å². The molecule has 0 saturated heterocycles. The first-order valence-corrected chi connectivity index (χ1v) is 16.1. The Balaban J connectivity index is 1.38. The molecule has 1 aliphatic rings. The number of para-hydroxylation sites is 1. The Morgan fingerprint density at radius 1 is 0.952 bits per heavy atom. The topological polar surface area (TPSA) is 60.5 Å². The second-order valence-corrected chi connectivity index (χ2v) is 13.0. The van der Waals surface area contributed by atoms with Crippen LogP contribution in [0.15, 0.2) is 65.6 Å². The van der Waals surface area contributed by atoms with Crippen molar-refractivity contribution in [1.29, 1.82) is 0 Å². The van der Waals surface area contributed by atoms with Crippen LogP contribution < -0.4 is 23.8 Å².